The van der Waals surface area contributed by atoms with Crippen LogP contribution in [0.1, 0.15) is 106 Å². The highest BCUT2D eigenvalue weighted by atomic mass is 16.4. The minimum Gasteiger partial charge on any atom is -0.481 e. The van der Waals surface area contributed by atoms with E-state index in [1.54, 1.807) is 13.8 Å². The van der Waals surface area contributed by atoms with Gasteiger partial charge in [-0.2, -0.15) is 0 Å². The number of ketones is 4. The van der Waals surface area contributed by atoms with Crippen LogP contribution in [0.25, 0.3) is 0 Å². The summed E-state index contributed by atoms with van der Waals surface area (Å²) in [7, 11) is 0. The highest BCUT2D eigenvalue weighted by Gasteiger charge is 2.27. The second-order valence-corrected chi connectivity index (χ2v) is 11.9. The van der Waals surface area contributed by atoms with Crippen molar-refractivity contribution in [2.24, 2.45) is 10.8 Å². The average molecular weight is 543 g/mol. The molecule has 0 aromatic carbocycles. The number of carboxylic acids is 1. The van der Waals surface area contributed by atoms with E-state index < -0.39 is 11.4 Å². The molecule has 2 aliphatic carbocycles. The summed E-state index contributed by atoms with van der Waals surface area (Å²) < 4.78 is 0. The Bertz CT molecular complexity index is 1080. The molecule has 0 saturated carbocycles. The molecule has 0 bridgehead atoms. The minimum absolute atomic E-state index is 0. The summed E-state index contributed by atoms with van der Waals surface area (Å²) >= 11 is 0. The van der Waals surface area contributed by atoms with Crippen LogP contribution < -0.4 is 0 Å². The second kappa shape index (κ2) is 15.0. The zero-order chi connectivity index (χ0) is 28.5. The van der Waals surface area contributed by atoms with Gasteiger partial charge in [0.15, 0.2) is 23.1 Å². The number of Topliss-reactive ketones (excluding diaryl/α,β-unsaturated/α-hetero) is 2. The fourth-order valence-electron chi connectivity index (χ4n) is 4.64. The maximum Gasteiger partial charge on any atom is 0.309 e. The van der Waals surface area contributed by atoms with E-state index in [9.17, 15) is 34.2 Å². The fourth-order valence-corrected chi connectivity index (χ4v) is 4.64. The first-order chi connectivity index (χ1) is 17.8. The Morgan fingerprint density at radius 1 is 0.641 bits per heavy atom. The normalized spacial score (nSPS) is 16.3. The van der Waals surface area contributed by atoms with Crippen LogP contribution >= 0.6 is 0 Å². The topological polar surface area (TPSA) is 126 Å². The van der Waals surface area contributed by atoms with Crippen molar-refractivity contribution in [1.29, 1.82) is 0 Å². The van der Waals surface area contributed by atoms with Gasteiger partial charge in [0.1, 0.15) is 0 Å². The molecule has 0 atom stereocenters. The number of allylic oxidation sites excluding steroid dienone is 8. The third-order valence-corrected chi connectivity index (χ3v) is 7.38. The van der Waals surface area contributed by atoms with Crippen molar-refractivity contribution in [2.45, 2.75) is 106 Å². The first kappa shape index (κ1) is 34.1. The molecule has 0 aromatic rings. The zero-order valence-electron chi connectivity index (χ0n) is 23.2. The number of aliphatic carboxylic acids is 1. The molecule has 7 nitrogen and oxygen atoms in total. The van der Waals surface area contributed by atoms with E-state index >= 15 is 0 Å². The highest BCUT2D eigenvalue weighted by molar-refractivity contribution is 6.21. The average Bonchev–Trinajstić information content (AvgIpc) is 2.84. The van der Waals surface area contributed by atoms with Gasteiger partial charge in [-0.15, -0.1) is 0 Å². The van der Waals surface area contributed by atoms with Gasteiger partial charge in [0, 0.05) is 28.9 Å². The van der Waals surface area contributed by atoms with Gasteiger partial charge >= 0.3 is 5.97 Å². The molecule has 7 heteroatoms. The lowest BCUT2D eigenvalue weighted by Crippen LogP contribution is -2.23. The zero-order valence-corrected chi connectivity index (χ0v) is 23.2. The first-order valence-electron chi connectivity index (χ1n) is 13.6. The standard InChI is InChI=1S/C31H42O7.CH4/c1-30(2,20-32)14-7-5-10-21-16-25(33)18-23(27(21)35)12-9-13-24-19-26(34)17-22(28(24)36)11-6-8-15-31(3,4)29(37)38;/h16-19,32H,5-15,20H2,1-4H3,(H,37,38);1H4. The van der Waals surface area contributed by atoms with Crippen LogP contribution in [0.15, 0.2) is 46.6 Å². The SMILES string of the molecule is C.CC(C)(CO)CCCCC1=CC(=O)C=C(CCCC2=CC(=O)C=C(CCCCC(C)(C)C(=O)O)C2=O)C1=O. The quantitative estimate of drug-likeness (QED) is 0.179. The predicted molar refractivity (Wildman–Crippen MR) is 152 cm³/mol. The van der Waals surface area contributed by atoms with Gasteiger partial charge in [-0.3, -0.25) is 24.0 Å². The fraction of sp³-hybridized carbons (Fsp3) is 0.594. The number of carboxylic acid groups (broad SMARTS) is 1. The molecule has 0 heterocycles. The molecule has 0 aliphatic heterocycles. The molecule has 0 amide bonds. The number of carbonyl (C=O) groups is 5. The summed E-state index contributed by atoms with van der Waals surface area (Å²) in [6, 6.07) is 0. The van der Waals surface area contributed by atoms with Crippen molar-refractivity contribution in [3.05, 3.63) is 46.6 Å². The van der Waals surface area contributed by atoms with Crippen molar-refractivity contribution >= 4 is 29.1 Å². The van der Waals surface area contributed by atoms with Gasteiger partial charge in [0.25, 0.3) is 0 Å². The van der Waals surface area contributed by atoms with Crippen LogP contribution in [0.4, 0.5) is 0 Å². The van der Waals surface area contributed by atoms with Crippen molar-refractivity contribution in [1.82, 2.24) is 0 Å². The Hall–Kier alpha value is -2.93. The predicted octanol–water partition coefficient (Wildman–Crippen LogP) is 6.05. The molecule has 2 aliphatic rings. The van der Waals surface area contributed by atoms with Crippen molar-refractivity contribution < 1.29 is 34.2 Å². The van der Waals surface area contributed by atoms with Crippen molar-refractivity contribution in [3.8, 4) is 0 Å². The van der Waals surface area contributed by atoms with Crippen LogP contribution in [0.5, 0.6) is 0 Å². The lowest BCUT2D eigenvalue weighted by Gasteiger charge is -2.21. The Morgan fingerprint density at radius 2 is 1.00 bits per heavy atom. The third-order valence-electron chi connectivity index (χ3n) is 7.38. The molecular formula is C32H46O7. The number of rotatable bonds is 16. The molecule has 0 radical (unpaired) electrons. The monoisotopic (exact) mass is 542 g/mol. The molecule has 0 fully saturated rings. The Labute approximate surface area is 233 Å². The van der Waals surface area contributed by atoms with Gasteiger partial charge in [-0.25, -0.2) is 0 Å². The summed E-state index contributed by atoms with van der Waals surface area (Å²) in [5, 5.41) is 18.6. The van der Waals surface area contributed by atoms with Crippen LogP contribution in [0.2, 0.25) is 0 Å². The second-order valence-electron chi connectivity index (χ2n) is 11.9. The van der Waals surface area contributed by atoms with E-state index in [-0.39, 0.29) is 42.6 Å². The number of unbranched alkanes of at least 4 members (excludes halogenated alkanes) is 2. The molecule has 0 unspecified atom stereocenters. The number of hydrogen-bond donors (Lipinski definition) is 2. The van der Waals surface area contributed by atoms with E-state index in [0.717, 1.165) is 19.3 Å². The van der Waals surface area contributed by atoms with Gasteiger partial charge in [0.05, 0.1) is 5.41 Å². The Kier molecular flexibility index (Phi) is 13.1. The first-order valence-corrected chi connectivity index (χ1v) is 13.6. The van der Waals surface area contributed by atoms with Crippen LogP contribution in [0.3, 0.4) is 0 Å². The maximum atomic E-state index is 12.9. The van der Waals surface area contributed by atoms with Crippen LogP contribution in [-0.2, 0) is 24.0 Å². The lowest BCUT2D eigenvalue weighted by atomic mass is 9.84. The molecule has 0 saturated heterocycles. The largest absolute Gasteiger partial charge is 0.481 e. The number of hydrogen-bond acceptors (Lipinski definition) is 6. The van der Waals surface area contributed by atoms with E-state index in [0.29, 0.717) is 73.7 Å². The Morgan fingerprint density at radius 3 is 1.36 bits per heavy atom. The van der Waals surface area contributed by atoms with Gasteiger partial charge in [0.2, 0.25) is 0 Å². The highest BCUT2D eigenvalue weighted by Crippen LogP contribution is 2.29. The molecule has 2 N–H and O–H groups in total. The van der Waals surface area contributed by atoms with E-state index in [1.807, 2.05) is 13.8 Å². The van der Waals surface area contributed by atoms with Crippen molar-refractivity contribution in [2.75, 3.05) is 6.61 Å². The number of carbonyl (C=O) groups excluding carboxylic acids is 4. The minimum atomic E-state index is -0.858. The molecule has 0 aromatic heterocycles. The number of aliphatic hydroxyl groups excluding tert-OH is 1. The summed E-state index contributed by atoms with van der Waals surface area (Å²) in [6.45, 7) is 7.43. The number of aliphatic hydroxyl groups is 1. The van der Waals surface area contributed by atoms with Gasteiger partial charge in [-0.1, -0.05) is 34.1 Å². The summed E-state index contributed by atoms with van der Waals surface area (Å²) in [4.78, 5) is 61.5. The molecule has 0 spiro atoms. The summed E-state index contributed by atoms with van der Waals surface area (Å²) in [6.07, 6.45) is 11.7. The van der Waals surface area contributed by atoms with Gasteiger partial charge < -0.3 is 10.2 Å². The van der Waals surface area contributed by atoms with Crippen LogP contribution in [0, 0.1) is 10.8 Å². The van der Waals surface area contributed by atoms with Crippen LogP contribution in [-0.4, -0.2) is 45.9 Å². The van der Waals surface area contributed by atoms with E-state index in [4.69, 9.17) is 0 Å². The van der Waals surface area contributed by atoms with Crippen molar-refractivity contribution in [3.63, 3.8) is 0 Å². The summed E-state index contributed by atoms with van der Waals surface area (Å²) in [5.41, 5.74) is 0.813. The molecular weight excluding hydrogens is 496 g/mol. The Balaban J connectivity index is 0.00000760. The third kappa shape index (κ3) is 10.6. The lowest BCUT2D eigenvalue weighted by molar-refractivity contribution is -0.147. The smallest absolute Gasteiger partial charge is 0.309 e. The molecule has 216 valence electrons. The van der Waals surface area contributed by atoms with E-state index in [2.05, 4.69) is 0 Å². The van der Waals surface area contributed by atoms with E-state index in [1.165, 1.54) is 24.3 Å². The maximum absolute atomic E-state index is 12.9. The molecule has 2 rings (SSSR count). The molecule has 39 heavy (non-hydrogen) atoms. The van der Waals surface area contributed by atoms with Gasteiger partial charge in [-0.05, 0) is 101 Å². The summed E-state index contributed by atoms with van der Waals surface area (Å²) in [5.74, 6) is -1.60.